The molecule has 0 spiro atoms. The summed E-state index contributed by atoms with van der Waals surface area (Å²) >= 11 is 0. The van der Waals surface area contributed by atoms with Crippen molar-refractivity contribution < 1.29 is 0 Å². The molecule has 1 aromatic rings. The molecule has 0 atom stereocenters. The van der Waals surface area contributed by atoms with Crippen molar-refractivity contribution in [3.63, 3.8) is 0 Å². The molecular formula is C22H29LiSi. The van der Waals surface area contributed by atoms with E-state index in [1.54, 1.807) is 26.7 Å². The minimum atomic E-state index is -1.24. The van der Waals surface area contributed by atoms with Crippen molar-refractivity contribution in [2.75, 3.05) is 0 Å². The molecule has 0 radical (unpaired) electrons. The average Bonchev–Trinajstić information content (AvgIpc) is 3.21. The summed E-state index contributed by atoms with van der Waals surface area (Å²) in [6.07, 6.45) is 17.0. The third kappa shape index (κ3) is 4.15. The molecule has 0 aliphatic heterocycles. The van der Waals surface area contributed by atoms with Crippen LogP contribution < -0.4 is 5.19 Å². The van der Waals surface area contributed by atoms with Crippen LogP contribution in [0.3, 0.4) is 0 Å². The molecule has 0 nitrogen and oxygen atoms in total. The van der Waals surface area contributed by atoms with Gasteiger partial charge in [-0.25, -0.2) is 0 Å². The maximum absolute atomic E-state index is 2.41. The maximum atomic E-state index is 2.41. The molecule has 0 unspecified atom stereocenters. The summed E-state index contributed by atoms with van der Waals surface area (Å²) in [6, 6.07) is 11.3. The minimum absolute atomic E-state index is 0. The van der Waals surface area contributed by atoms with Gasteiger partial charge in [-0.05, 0) is 25.7 Å². The van der Waals surface area contributed by atoms with E-state index in [0.29, 0.717) is 0 Å². The van der Waals surface area contributed by atoms with Crippen LogP contribution in [-0.2, 0) is 0 Å². The van der Waals surface area contributed by atoms with Crippen molar-refractivity contribution in [1.82, 2.24) is 0 Å². The molecule has 0 heterocycles. The Labute approximate surface area is 161 Å². The van der Waals surface area contributed by atoms with E-state index in [1.165, 1.54) is 38.5 Å². The van der Waals surface area contributed by atoms with Crippen LogP contribution in [-0.4, -0.2) is 27.7 Å². The van der Waals surface area contributed by atoms with Crippen LogP contribution in [0.4, 0.5) is 0 Å². The zero-order valence-corrected chi connectivity index (χ0v) is 15.7. The van der Waals surface area contributed by atoms with E-state index in [9.17, 15) is 0 Å². The van der Waals surface area contributed by atoms with Gasteiger partial charge in [0.05, 0.1) is 0 Å². The topological polar surface area (TPSA) is 0 Å². The van der Waals surface area contributed by atoms with Crippen LogP contribution in [0.5, 0.6) is 0 Å². The number of hydrogen-bond donors (Lipinski definition) is 0. The normalized spacial score (nSPS) is 16.5. The van der Waals surface area contributed by atoms with Gasteiger partial charge >= 0.3 is 18.9 Å². The Bertz CT molecular complexity index is 624. The average molecular weight is 329 g/mol. The summed E-state index contributed by atoms with van der Waals surface area (Å²) in [4.78, 5) is 0. The Morgan fingerprint density at radius 3 is 1.75 bits per heavy atom. The molecule has 3 rings (SSSR count). The SMILES string of the molecule is CCCC1=C([SiH](C2=C(CCC)C=CC2)c2ccccc2)CC=C1.[LiH]. The van der Waals surface area contributed by atoms with Crippen LogP contribution in [0.25, 0.3) is 0 Å². The Morgan fingerprint density at radius 2 is 1.29 bits per heavy atom. The summed E-state index contributed by atoms with van der Waals surface area (Å²) in [6.45, 7) is 4.60. The summed E-state index contributed by atoms with van der Waals surface area (Å²) in [5.74, 6) is 0. The van der Waals surface area contributed by atoms with Crippen molar-refractivity contribution >= 4 is 32.8 Å². The summed E-state index contributed by atoms with van der Waals surface area (Å²) in [5.41, 5.74) is 3.28. The second-order valence-electron chi connectivity index (χ2n) is 6.66. The third-order valence-corrected chi connectivity index (χ3v) is 8.67. The summed E-state index contributed by atoms with van der Waals surface area (Å²) in [5, 5.41) is 5.17. The Hall–Kier alpha value is -1.01. The van der Waals surface area contributed by atoms with Crippen LogP contribution >= 0.6 is 0 Å². The van der Waals surface area contributed by atoms with Gasteiger partial charge in [-0.3, -0.25) is 0 Å². The Kier molecular flexibility index (Phi) is 7.62. The summed E-state index contributed by atoms with van der Waals surface area (Å²) in [7, 11) is -1.24. The van der Waals surface area contributed by atoms with E-state index in [-0.39, 0.29) is 18.9 Å². The first kappa shape index (κ1) is 19.3. The van der Waals surface area contributed by atoms with Gasteiger partial charge in [0.1, 0.15) is 8.80 Å². The van der Waals surface area contributed by atoms with E-state index >= 15 is 0 Å². The predicted octanol–water partition coefficient (Wildman–Crippen LogP) is 4.66. The van der Waals surface area contributed by atoms with Gasteiger partial charge in [0, 0.05) is 0 Å². The summed E-state index contributed by atoms with van der Waals surface area (Å²) < 4.78 is 0. The fraction of sp³-hybridized carbons (Fsp3) is 0.364. The zero-order valence-electron chi connectivity index (χ0n) is 14.5. The van der Waals surface area contributed by atoms with Crippen LogP contribution in [0.2, 0.25) is 0 Å². The standard InChI is InChI=1S/C22H28Si.Li.H/c1-3-10-18-12-8-16-21(18)23(20-14-6-5-7-15-20)22-17-9-13-19(22)11-4-2;;/h5-9,12-15,23H,3-4,10-11,16-17H2,1-2H3;;. The van der Waals surface area contributed by atoms with E-state index in [2.05, 4.69) is 68.5 Å². The number of hydrogen-bond acceptors (Lipinski definition) is 0. The monoisotopic (exact) mass is 328 g/mol. The van der Waals surface area contributed by atoms with Crippen LogP contribution in [0.15, 0.2) is 76.2 Å². The molecule has 122 valence electrons. The van der Waals surface area contributed by atoms with Gasteiger partial charge < -0.3 is 0 Å². The molecule has 0 saturated carbocycles. The van der Waals surface area contributed by atoms with E-state index in [1.807, 2.05) is 0 Å². The van der Waals surface area contributed by atoms with Gasteiger partial charge in [-0.15, -0.1) is 0 Å². The van der Waals surface area contributed by atoms with Gasteiger partial charge in [0.25, 0.3) is 0 Å². The van der Waals surface area contributed by atoms with Crippen LogP contribution in [0.1, 0.15) is 52.4 Å². The van der Waals surface area contributed by atoms with Gasteiger partial charge in [0.15, 0.2) is 0 Å². The molecule has 1 aromatic carbocycles. The number of rotatable bonds is 7. The fourth-order valence-corrected chi connectivity index (χ4v) is 7.82. The molecule has 0 N–H and O–H groups in total. The Morgan fingerprint density at radius 1 is 0.792 bits per heavy atom. The first-order chi connectivity index (χ1) is 11.3. The third-order valence-electron chi connectivity index (χ3n) is 5.01. The van der Waals surface area contributed by atoms with Crippen LogP contribution in [0, 0.1) is 0 Å². The van der Waals surface area contributed by atoms with E-state index in [0.717, 1.165) is 0 Å². The van der Waals surface area contributed by atoms with Gasteiger partial charge in [-0.2, -0.15) is 0 Å². The quantitative estimate of drug-likeness (QED) is 0.638. The second-order valence-corrected chi connectivity index (χ2v) is 9.58. The first-order valence-corrected chi connectivity index (χ1v) is 10.9. The van der Waals surface area contributed by atoms with Crippen molar-refractivity contribution in [2.45, 2.75) is 52.4 Å². The van der Waals surface area contributed by atoms with Crippen molar-refractivity contribution in [3.05, 3.63) is 76.2 Å². The first-order valence-electron chi connectivity index (χ1n) is 9.17. The number of benzene rings is 1. The van der Waals surface area contributed by atoms with Crippen molar-refractivity contribution in [1.29, 1.82) is 0 Å². The van der Waals surface area contributed by atoms with Gasteiger partial charge in [-0.1, -0.05) is 108 Å². The molecule has 2 heteroatoms. The molecule has 0 fully saturated rings. The second kappa shape index (κ2) is 9.47. The van der Waals surface area contributed by atoms with Crippen molar-refractivity contribution in [2.24, 2.45) is 0 Å². The van der Waals surface area contributed by atoms with E-state index in [4.69, 9.17) is 0 Å². The molecule has 2 aliphatic carbocycles. The van der Waals surface area contributed by atoms with Crippen molar-refractivity contribution in [3.8, 4) is 0 Å². The molecule has 2 aliphatic rings. The number of allylic oxidation sites excluding steroid dienone is 8. The molecule has 0 saturated heterocycles. The predicted molar refractivity (Wildman–Crippen MR) is 112 cm³/mol. The fourth-order valence-electron chi connectivity index (χ4n) is 4.02. The van der Waals surface area contributed by atoms with E-state index < -0.39 is 8.80 Å². The molecule has 0 aromatic heterocycles. The zero-order chi connectivity index (χ0) is 16.1. The van der Waals surface area contributed by atoms with Gasteiger partial charge in [0.2, 0.25) is 0 Å². The Balaban J connectivity index is 0.00000208. The molecule has 24 heavy (non-hydrogen) atoms. The molecule has 0 bridgehead atoms. The molecule has 0 amide bonds. The molecular weight excluding hydrogens is 299 g/mol.